The predicted molar refractivity (Wildman–Crippen MR) is 87.7 cm³/mol. The van der Waals surface area contributed by atoms with E-state index in [0.717, 1.165) is 0 Å². The lowest BCUT2D eigenvalue weighted by molar-refractivity contribution is -0.136. The summed E-state index contributed by atoms with van der Waals surface area (Å²) in [5.41, 5.74) is 0.150. The Labute approximate surface area is 140 Å². The highest BCUT2D eigenvalue weighted by molar-refractivity contribution is 5.97. The fourth-order valence-electron chi connectivity index (χ4n) is 2.51. The molecule has 24 heavy (non-hydrogen) atoms. The Morgan fingerprint density at radius 2 is 1.92 bits per heavy atom. The van der Waals surface area contributed by atoms with Crippen molar-refractivity contribution in [2.45, 2.75) is 38.8 Å². The number of benzene rings is 1. The van der Waals surface area contributed by atoms with Crippen molar-refractivity contribution in [3.8, 4) is 0 Å². The molecular weight excluding hydrogens is 310 g/mol. The molecular formula is C18H21NO5. The van der Waals surface area contributed by atoms with Crippen LogP contribution in [0, 0.1) is 6.92 Å². The molecule has 0 spiro atoms. The van der Waals surface area contributed by atoms with E-state index in [1.54, 1.807) is 32.9 Å². The van der Waals surface area contributed by atoms with Crippen LogP contribution in [0.4, 0.5) is 0 Å². The van der Waals surface area contributed by atoms with Crippen molar-refractivity contribution in [3.63, 3.8) is 0 Å². The van der Waals surface area contributed by atoms with Crippen LogP contribution in [0.15, 0.2) is 41.0 Å². The second-order valence-corrected chi connectivity index (χ2v) is 6.00. The van der Waals surface area contributed by atoms with E-state index < -0.39 is 23.5 Å². The number of amides is 1. The van der Waals surface area contributed by atoms with Crippen LogP contribution in [0.3, 0.4) is 0 Å². The molecule has 1 amide bonds. The smallest absolute Gasteiger partial charge is 0.311 e. The molecule has 6 nitrogen and oxygen atoms in total. The van der Waals surface area contributed by atoms with Gasteiger partial charge in [0.2, 0.25) is 0 Å². The van der Waals surface area contributed by atoms with Gasteiger partial charge in [0, 0.05) is 5.56 Å². The third-order valence-corrected chi connectivity index (χ3v) is 4.14. The molecule has 0 unspecified atom stereocenters. The maximum atomic E-state index is 12.5. The van der Waals surface area contributed by atoms with Gasteiger partial charge in [-0.3, -0.25) is 9.59 Å². The van der Waals surface area contributed by atoms with Gasteiger partial charge in [0.1, 0.15) is 17.8 Å². The fourth-order valence-corrected chi connectivity index (χ4v) is 2.51. The molecule has 0 saturated carbocycles. The minimum Gasteiger partial charge on any atom is -0.481 e. The topological polar surface area (TPSA) is 99.8 Å². The molecule has 6 heteroatoms. The quantitative estimate of drug-likeness (QED) is 0.754. The number of nitrogens with one attached hydrogen (secondary N) is 1. The number of aryl methyl sites for hydroxylation is 1. The Balaban J connectivity index is 2.21. The first kappa shape index (κ1) is 17.7. The maximum absolute atomic E-state index is 12.5. The summed E-state index contributed by atoms with van der Waals surface area (Å²) in [4.78, 5) is 23.4. The Bertz CT molecular complexity index is 733. The second-order valence-electron chi connectivity index (χ2n) is 6.00. The summed E-state index contributed by atoms with van der Waals surface area (Å²) in [6.45, 7) is 4.98. The fraction of sp³-hybridized carbons (Fsp3) is 0.333. The van der Waals surface area contributed by atoms with Gasteiger partial charge >= 0.3 is 5.97 Å². The standard InChI is InChI=1S/C18H21NO5/c1-11-10-24-14(9-15(20)21)16(11)17(22)19-12(2)18(3,23)13-7-5-4-6-8-13/h4-8,10,12,23H,9H2,1-3H3,(H,19,22)(H,20,21)/t12-,18-/m1/s1. The molecule has 0 aliphatic carbocycles. The average Bonchev–Trinajstić information content (AvgIpc) is 2.88. The first-order chi connectivity index (χ1) is 11.2. The molecule has 0 aliphatic rings. The lowest BCUT2D eigenvalue weighted by Gasteiger charge is -2.31. The van der Waals surface area contributed by atoms with Crippen LogP contribution in [0.5, 0.6) is 0 Å². The third-order valence-electron chi connectivity index (χ3n) is 4.14. The molecule has 1 aromatic heterocycles. The van der Waals surface area contributed by atoms with Crippen LogP contribution in [-0.4, -0.2) is 28.1 Å². The molecule has 2 aromatic rings. The number of carbonyl (C=O) groups excluding carboxylic acids is 1. The highest BCUT2D eigenvalue weighted by Gasteiger charge is 2.32. The molecule has 0 fully saturated rings. The lowest BCUT2D eigenvalue weighted by Crippen LogP contribution is -2.47. The SMILES string of the molecule is Cc1coc(CC(=O)O)c1C(=O)N[C@H](C)[C@@](C)(O)c1ccccc1. The van der Waals surface area contributed by atoms with Crippen molar-refractivity contribution in [2.75, 3.05) is 0 Å². The second kappa shape index (κ2) is 6.88. The minimum atomic E-state index is -1.28. The number of rotatable bonds is 6. The van der Waals surface area contributed by atoms with Gasteiger partial charge in [0.05, 0.1) is 17.9 Å². The molecule has 2 atom stereocenters. The summed E-state index contributed by atoms with van der Waals surface area (Å²) in [5.74, 6) is -1.45. The highest BCUT2D eigenvalue weighted by Crippen LogP contribution is 2.25. The molecule has 0 saturated heterocycles. The predicted octanol–water partition coefficient (Wildman–Crippen LogP) is 2.24. The summed E-state index contributed by atoms with van der Waals surface area (Å²) in [5, 5.41) is 22.4. The van der Waals surface area contributed by atoms with Crippen LogP contribution >= 0.6 is 0 Å². The Morgan fingerprint density at radius 3 is 2.50 bits per heavy atom. The Kier molecular flexibility index (Phi) is 5.09. The zero-order valence-electron chi connectivity index (χ0n) is 13.9. The zero-order chi connectivity index (χ0) is 17.9. The van der Waals surface area contributed by atoms with Crippen LogP contribution in [-0.2, 0) is 16.8 Å². The summed E-state index contributed by atoms with van der Waals surface area (Å²) in [7, 11) is 0. The number of aliphatic carboxylic acids is 1. The van der Waals surface area contributed by atoms with E-state index in [4.69, 9.17) is 9.52 Å². The van der Waals surface area contributed by atoms with E-state index in [1.807, 2.05) is 18.2 Å². The number of carboxylic acid groups (broad SMARTS) is 1. The van der Waals surface area contributed by atoms with Crippen molar-refractivity contribution < 1.29 is 24.2 Å². The van der Waals surface area contributed by atoms with Crippen molar-refractivity contribution in [1.29, 1.82) is 0 Å². The summed E-state index contributed by atoms with van der Waals surface area (Å²) in [6.07, 6.45) is 0.979. The normalized spacial score (nSPS) is 14.7. The van der Waals surface area contributed by atoms with Gasteiger partial charge in [-0.25, -0.2) is 0 Å². The number of hydrogen-bond donors (Lipinski definition) is 3. The van der Waals surface area contributed by atoms with Crippen molar-refractivity contribution in [2.24, 2.45) is 0 Å². The van der Waals surface area contributed by atoms with Crippen LogP contribution in [0.1, 0.15) is 41.1 Å². The molecule has 128 valence electrons. The van der Waals surface area contributed by atoms with E-state index in [2.05, 4.69) is 5.32 Å². The van der Waals surface area contributed by atoms with E-state index in [9.17, 15) is 14.7 Å². The van der Waals surface area contributed by atoms with Crippen molar-refractivity contribution in [3.05, 3.63) is 59.0 Å². The van der Waals surface area contributed by atoms with Crippen LogP contribution in [0.2, 0.25) is 0 Å². The van der Waals surface area contributed by atoms with Gasteiger partial charge in [-0.05, 0) is 26.3 Å². The molecule has 3 N–H and O–H groups in total. The number of aliphatic hydroxyl groups is 1. The average molecular weight is 331 g/mol. The van der Waals surface area contributed by atoms with Gasteiger partial charge in [-0.15, -0.1) is 0 Å². The zero-order valence-corrected chi connectivity index (χ0v) is 13.9. The third kappa shape index (κ3) is 3.65. The highest BCUT2D eigenvalue weighted by atomic mass is 16.4. The van der Waals surface area contributed by atoms with Crippen LogP contribution in [0.25, 0.3) is 0 Å². The number of hydrogen-bond acceptors (Lipinski definition) is 4. The first-order valence-corrected chi connectivity index (χ1v) is 7.61. The summed E-state index contributed by atoms with van der Waals surface area (Å²) >= 11 is 0. The van der Waals surface area contributed by atoms with E-state index >= 15 is 0 Å². The lowest BCUT2D eigenvalue weighted by atomic mass is 9.89. The molecule has 0 radical (unpaired) electrons. The monoisotopic (exact) mass is 331 g/mol. The van der Waals surface area contributed by atoms with Gasteiger partial charge in [-0.2, -0.15) is 0 Å². The van der Waals surface area contributed by atoms with Gasteiger partial charge in [0.25, 0.3) is 5.91 Å². The molecule has 1 aromatic carbocycles. The van der Waals surface area contributed by atoms with Crippen molar-refractivity contribution in [1.82, 2.24) is 5.32 Å². The van der Waals surface area contributed by atoms with Gasteiger partial charge < -0.3 is 19.9 Å². The minimum absolute atomic E-state index is 0.101. The van der Waals surface area contributed by atoms with Crippen LogP contribution < -0.4 is 5.32 Å². The molecule has 2 rings (SSSR count). The molecule has 1 heterocycles. The number of furan rings is 1. The Hall–Kier alpha value is -2.60. The van der Waals surface area contributed by atoms with Gasteiger partial charge in [0.15, 0.2) is 0 Å². The molecule has 0 aliphatic heterocycles. The number of carbonyl (C=O) groups is 2. The summed E-state index contributed by atoms with van der Waals surface area (Å²) in [6, 6.07) is 8.42. The molecule has 0 bridgehead atoms. The van der Waals surface area contributed by atoms with E-state index in [0.29, 0.717) is 11.1 Å². The summed E-state index contributed by atoms with van der Waals surface area (Å²) < 4.78 is 5.18. The van der Waals surface area contributed by atoms with Gasteiger partial charge in [-0.1, -0.05) is 30.3 Å². The maximum Gasteiger partial charge on any atom is 0.311 e. The largest absolute Gasteiger partial charge is 0.481 e. The number of carboxylic acids is 1. The Morgan fingerprint density at radius 1 is 1.29 bits per heavy atom. The first-order valence-electron chi connectivity index (χ1n) is 7.61. The van der Waals surface area contributed by atoms with Crippen molar-refractivity contribution >= 4 is 11.9 Å². The van der Waals surface area contributed by atoms with E-state index in [1.165, 1.54) is 6.26 Å². The van der Waals surface area contributed by atoms with E-state index in [-0.39, 0.29) is 17.7 Å².